The van der Waals surface area contributed by atoms with E-state index in [4.69, 9.17) is 4.74 Å². The smallest absolute Gasteiger partial charge is 0.122 e. The molecule has 2 aliphatic rings. The zero-order valence-electron chi connectivity index (χ0n) is 18.0. The molecule has 1 fully saturated rings. The van der Waals surface area contributed by atoms with Crippen molar-refractivity contribution in [1.29, 1.82) is 5.26 Å². The van der Waals surface area contributed by atoms with Crippen LogP contribution in [-0.2, 0) is 11.8 Å². The minimum Gasteiger partial charge on any atom is -0.493 e. The second-order valence-electron chi connectivity index (χ2n) is 8.77. The monoisotopic (exact) mass is 408 g/mol. The summed E-state index contributed by atoms with van der Waals surface area (Å²) in [5.41, 5.74) is 4.21. The molecular weight excluding hydrogens is 380 g/mol. The third kappa shape index (κ3) is 3.42. The van der Waals surface area contributed by atoms with E-state index in [1.54, 1.807) is 0 Å². The van der Waals surface area contributed by atoms with Crippen molar-refractivity contribution in [3.63, 3.8) is 0 Å². The van der Waals surface area contributed by atoms with Crippen molar-refractivity contribution in [1.82, 2.24) is 4.90 Å². The lowest BCUT2D eigenvalue weighted by Gasteiger charge is -2.35. The number of likely N-dealkylation sites (tertiary alicyclic amines) is 1. The van der Waals surface area contributed by atoms with E-state index in [2.05, 4.69) is 60.4 Å². The van der Waals surface area contributed by atoms with Gasteiger partial charge in [0.1, 0.15) is 11.2 Å². The van der Waals surface area contributed by atoms with Crippen LogP contribution >= 0.6 is 0 Å². The molecular formula is C28H28N2O. The number of ether oxygens (including phenoxy) is 1. The molecule has 0 bridgehead atoms. The Morgan fingerprint density at radius 2 is 1.68 bits per heavy atom. The fourth-order valence-corrected chi connectivity index (χ4v) is 5.43. The highest BCUT2D eigenvalue weighted by Crippen LogP contribution is 2.44. The molecule has 1 saturated heterocycles. The van der Waals surface area contributed by atoms with Gasteiger partial charge in [0.05, 0.1) is 12.7 Å². The van der Waals surface area contributed by atoms with E-state index < -0.39 is 5.41 Å². The van der Waals surface area contributed by atoms with Crippen LogP contribution in [0.1, 0.15) is 41.6 Å². The average Bonchev–Trinajstić information content (AvgIpc) is 3.51. The zero-order valence-corrected chi connectivity index (χ0v) is 18.0. The molecule has 0 N–H and O–H groups in total. The second-order valence-corrected chi connectivity index (χ2v) is 8.77. The molecule has 3 heteroatoms. The summed E-state index contributed by atoms with van der Waals surface area (Å²) in [6, 6.07) is 30.4. The van der Waals surface area contributed by atoms with E-state index in [0.29, 0.717) is 6.04 Å². The molecule has 0 aromatic heterocycles. The largest absolute Gasteiger partial charge is 0.493 e. The Morgan fingerprint density at radius 3 is 2.32 bits per heavy atom. The molecule has 3 nitrogen and oxygen atoms in total. The van der Waals surface area contributed by atoms with Crippen molar-refractivity contribution in [2.24, 2.45) is 5.92 Å². The Hall–Kier alpha value is -3.09. The van der Waals surface area contributed by atoms with Crippen molar-refractivity contribution in [3.05, 3.63) is 101 Å². The van der Waals surface area contributed by atoms with Crippen molar-refractivity contribution < 1.29 is 4.74 Å². The summed E-state index contributed by atoms with van der Waals surface area (Å²) in [5.74, 6) is 1.27. The average molecular weight is 409 g/mol. The Labute approximate surface area is 184 Å². The van der Waals surface area contributed by atoms with Crippen LogP contribution in [0.2, 0.25) is 0 Å². The highest BCUT2D eigenvalue weighted by Gasteiger charge is 2.46. The molecule has 31 heavy (non-hydrogen) atoms. The van der Waals surface area contributed by atoms with Gasteiger partial charge in [0.2, 0.25) is 0 Å². The maximum Gasteiger partial charge on any atom is 0.122 e. The van der Waals surface area contributed by atoms with Crippen LogP contribution < -0.4 is 4.74 Å². The van der Waals surface area contributed by atoms with E-state index in [9.17, 15) is 5.26 Å². The van der Waals surface area contributed by atoms with Gasteiger partial charge in [0.25, 0.3) is 0 Å². The number of fused-ring (bicyclic) bond motifs is 1. The number of benzene rings is 3. The molecule has 3 aromatic carbocycles. The van der Waals surface area contributed by atoms with Gasteiger partial charge in [0.15, 0.2) is 0 Å². The molecule has 5 rings (SSSR count). The molecule has 0 aliphatic carbocycles. The van der Waals surface area contributed by atoms with Gasteiger partial charge in [-0.05, 0) is 54.1 Å². The topological polar surface area (TPSA) is 36.3 Å². The fourth-order valence-electron chi connectivity index (χ4n) is 5.43. The van der Waals surface area contributed by atoms with Gasteiger partial charge < -0.3 is 4.74 Å². The van der Waals surface area contributed by atoms with Gasteiger partial charge in [-0.2, -0.15) is 5.26 Å². The molecule has 0 saturated carbocycles. The van der Waals surface area contributed by atoms with E-state index in [0.717, 1.165) is 49.4 Å². The summed E-state index contributed by atoms with van der Waals surface area (Å²) in [7, 11) is 0. The predicted molar refractivity (Wildman–Crippen MR) is 123 cm³/mol. The van der Waals surface area contributed by atoms with Crippen LogP contribution in [0.5, 0.6) is 5.75 Å². The summed E-state index contributed by atoms with van der Waals surface area (Å²) in [6.45, 7) is 4.99. The lowest BCUT2D eigenvalue weighted by Crippen LogP contribution is -2.37. The Kier molecular flexibility index (Phi) is 5.26. The maximum absolute atomic E-state index is 10.6. The van der Waals surface area contributed by atoms with Crippen LogP contribution in [-0.4, -0.2) is 24.6 Å². The lowest BCUT2D eigenvalue weighted by atomic mass is 9.66. The SMILES string of the molecule is CC(c1ccc2c(c1)CCO2)N1CCC(C(C#N)(c2ccccc2)c2ccccc2)C1. The van der Waals surface area contributed by atoms with E-state index in [1.165, 1.54) is 11.1 Å². The molecule has 156 valence electrons. The zero-order chi connectivity index (χ0) is 21.3. The number of nitrogens with zero attached hydrogens (tertiary/aromatic N) is 2. The highest BCUT2D eigenvalue weighted by atomic mass is 16.5. The van der Waals surface area contributed by atoms with Crippen molar-refractivity contribution in [2.45, 2.75) is 31.2 Å². The fraction of sp³-hybridized carbons (Fsp3) is 0.321. The lowest BCUT2D eigenvalue weighted by molar-refractivity contribution is 0.242. The minimum absolute atomic E-state index is 0.238. The quantitative estimate of drug-likeness (QED) is 0.558. The molecule has 2 aliphatic heterocycles. The Balaban J connectivity index is 1.46. The standard InChI is InChI=1S/C28H28N2O/c1-21(22-12-13-27-23(18-22)15-17-31-27)30-16-14-26(19-30)28(20-29,24-8-4-2-5-9-24)25-10-6-3-7-11-25/h2-13,18,21,26H,14-17,19H2,1H3. The van der Waals surface area contributed by atoms with Crippen LogP contribution in [0.4, 0.5) is 0 Å². The third-order valence-electron chi connectivity index (χ3n) is 7.21. The summed E-state index contributed by atoms with van der Waals surface area (Å²) in [6.07, 6.45) is 2.01. The van der Waals surface area contributed by atoms with E-state index in [-0.39, 0.29) is 5.92 Å². The van der Waals surface area contributed by atoms with Gasteiger partial charge in [0, 0.05) is 19.0 Å². The van der Waals surface area contributed by atoms with Gasteiger partial charge in [-0.1, -0.05) is 72.8 Å². The van der Waals surface area contributed by atoms with Crippen LogP contribution in [0, 0.1) is 17.2 Å². The van der Waals surface area contributed by atoms with Crippen LogP contribution in [0.25, 0.3) is 0 Å². The van der Waals surface area contributed by atoms with Crippen molar-refractivity contribution >= 4 is 0 Å². The van der Waals surface area contributed by atoms with Crippen LogP contribution in [0.15, 0.2) is 78.9 Å². The summed E-state index contributed by atoms with van der Waals surface area (Å²) in [4.78, 5) is 2.54. The number of hydrogen-bond donors (Lipinski definition) is 0. The van der Waals surface area contributed by atoms with E-state index in [1.807, 2.05) is 36.4 Å². The molecule has 2 unspecified atom stereocenters. The number of rotatable bonds is 5. The molecule has 0 radical (unpaired) electrons. The second kappa shape index (κ2) is 8.21. The highest BCUT2D eigenvalue weighted by molar-refractivity contribution is 5.47. The first-order chi connectivity index (χ1) is 15.2. The Morgan fingerprint density at radius 1 is 1.00 bits per heavy atom. The van der Waals surface area contributed by atoms with Crippen LogP contribution in [0.3, 0.4) is 0 Å². The molecule has 2 heterocycles. The minimum atomic E-state index is -0.636. The Bertz CT molecular complexity index is 1050. The summed E-state index contributed by atoms with van der Waals surface area (Å²) < 4.78 is 5.68. The number of nitriles is 1. The molecule has 0 spiro atoms. The van der Waals surface area contributed by atoms with Gasteiger partial charge in [-0.15, -0.1) is 0 Å². The van der Waals surface area contributed by atoms with Gasteiger partial charge in [-0.25, -0.2) is 0 Å². The molecule has 0 amide bonds. The summed E-state index contributed by atoms with van der Waals surface area (Å²) in [5, 5.41) is 10.6. The van der Waals surface area contributed by atoms with E-state index >= 15 is 0 Å². The molecule has 2 atom stereocenters. The van der Waals surface area contributed by atoms with Gasteiger partial charge >= 0.3 is 0 Å². The normalized spacial score (nSPS) is 19.4. The first-order valence-corrected chi connectivity index (χ1v) is 11.2. The molecule has 3 aromatic rings. The maximum atomic E-state index is 10.6. The van der Waals surface area contributed by atoms with Gasteiger partial charge in [-0.3, -0.25) is 4.90 Å². The summed E-state index contributed by atoms with van der Waals surface area (Å²) >= 11 is 0. The first-order valence-electron chi connectivity index (χ1n) is 11.2. The first kappa shape index (κ1) is 19.8. The van der Waals surface area contributed by atoms with Crippen molar-refractivity contribution in [2.75, 3.05) is 19.7 Å². The third-order valence-corrected chi connectivity index (χ3v) is 7.21. The number of hydrogen-bond acceptors (Lipinski definition) is 3. The predicted octanol–water partition coefficient (Wildman–Crippen LogP) is 5.51. The van der Waals surface area contributed by atoms with Crippen molar-refractivity contribution in [3.8, 4) is 11.8 Å².